The maximum absolute atomic E-state index is 14.2. The van der Waals surface area contributed by atoms with Crippen molar-refractivity contribution >= 4 is 28.7 Å². The molecular formula is C24H16ClF4N3O2. The normalized spacial score (nSPS) is 14.5. The summed E-state index contributed by atoms with van der Waals surface area (Å²) in [6, 6.07) is 8.65. The predicted molar refractivity (Wildman–Crippen MR) is 118 cm³/mol. The summed E-state index contributed by atoms with van der Waals surface area (Å²) in [7, 11) is 0. The summed E-state index contributed by atoms with van der Waals surface area (Å²) < 4.78 is 61.8. The summed E-state index contributed by atoms with van der Waals surface area (Å²) in [4.78, 5) is 18.6. The number of halogens is 5. The number of alkyl halides is 3. The Morgan fingerprint density at radius 3 is 2.65 bits per heavy atom. The maximum atomic E-state index is 14.2. The molecule has 4 heterocycles. The first-order valence-corrected chi connectivity index (χ1v) is 10.7. The molecule has 3 aromatic heterocycles. The van der Waals surface area contributed by atoms with Crippen LogP contribution in [0.5, 0.6) is 0 Å². The first-order valence-electron chi connectivity index (χ1n) is 10.3. The molecule has 5 nitrogen and oxygen atoms in total. The van der Waals surface area contributed by atoms with Crippen molar-refractivity contribution in [3.05, 3.63) is 89.1 Å². The molecule has 1 amide bonds. The van der Waals surface area contributed by atoms with E-state index in [0.29, 0.717) is 36.1 Å². The van der Waals surface area contributed by atoms with Gasteiger partial charge in [-0.25, -0.2) is 9.37 Å². The summed E-state index contributed by atoms with van der Waals surface area (Å²) >= 11 is 6.39. The molecule has 0 aliphatic carbocycles. The van der Waals surface area contributed by atoms with Crippen molar-refractivity contribution in [1.82, 2.24) is 14.3 Å². The molecule has 10 heteroatoms. The summed E-state index contributed by atoms with van der Waals surface area (Å²) in [6.07, 6.45) is 1.89. The third-order valence-corrected chi connectivity index (χ3v) is 6.02. The molecule has 0 N–H and O–H groups in total. The molecule has 4 aromatic rings. The van der Waals surface area contributed by atoms with E-state index in [-0.39, 0.29) is 16.4 Å². The molecule has 34 heavy (non-hydrogen) atoms. The second kappa shape index (κ2) is 8.32. The van der Waals surface area contributed by atoms with Crippen LogP contribution >= 0.6 is 11.6 Å². The van der Waals surface area contributed by atoms with Gasteiger partial charge in [0.2, 0.25) is 0 Å². The summed E-state index contributed by atoms with van der Waals surface area (Å²) in [5, 5.41) is -0.248. The van der Waals surface area contributed by atoms with E-state index >= 15 is 0 Å². The maximum Gasteiger partial charge on any atom is 0.420 e. The Hall–Kier alpha value is -3.59. The van der Waals surface area contributed by atoms with Gasteiger partial charge in [0, 0.05) is 35.6 Å². The highest BCUT2D eigenvalue weighted by Crippen LogP contribution is 2.37. The number of hydrogen-bond acceptors (Lipinski definition) is 3. The van der Waals surface area contributed by atoms with Gasteiger partial charge in [-0.1, -0.05) is 29.8 Å². The van der Waals surface area contributed by atoms with Crippen LogP contribution in [0.4, 0.5) is 17.6 Å². The minimum absolute atomic E-state index is 0.201. The van der Waals surface area contributed by atoms with Crippen LogP contribution in [0, 0.1) is 5.82 Å². The van der Waals surface area contributed by atoms with E-state index in [1.54, 1.807) is 18.2 Å². The number of amides is 1. The predicted octanol–water partition coefficient (Wildman–Crippen LogP) is 6.68. The van der Waals surface area contributed by atoms with E-state index in [2.05, 4.69) is 4.98 Å². The van der Waals surface area contributed by atoms with Crippen molar-refractivity contribution in [2.24, 2.45) is 0 Å². The van der Waals surface area contributed by atoms with E-state index in [0.717, 1.165) is 10.5 Å². The zero-order chi connectivity index (χ0) is 24.0. The Morgan fingerprint density at radius 2 is 1.94 bits per heavy atom. The Bertz CT molecular complexity index is 1420. The van der Waals surface area contributed by atoms with Crippen LogP contribution in [0.2, 0.25) is 5.15 Å². The zero-order valence-electron chi connectivity index (χ0n) is 17.4. The highest BCUT2D eigenvalue weighted by molar-refractivity contribution is 6.33. The minimum Gasteiger partial charge on any atom is -0.472 e. The minimum atomic E-state index is -4.74. The highest BCUT2D eigenvalue weighted by Gasteiger charge is 2.36. The summed E-state index contributed by atoms with van der Waals surface area (Å²) in [6.45, 7) is 0.299. The first kappa shape index (κ1) is 22.2. The average Bonchev–Trinajstić information content (AvgIpc) is 3.46. The third-order valence-electron chi connectivity index (χ3n) is 5.66. The van der Waals surface area contributed by atoms with E-state index in [9.17, 15) is 22.4 Å². The molecule has 0 atom stereocenters. The van der Waals surface area contributed by atoms with Gasteiger partial charge in [0.25, 0.3) is 5.91 Å². The molecule has 0 radical (unpaired) electrons. The molecule has 0 bridgehead atoms. The van der Waals surface area contributed by atoms with Crippen molar-refractivity contribution in [1.29, 1.82) is 0 Å². The highest BCUT2D eigenvalue weighted by atomic mass is 35.5. The number of benzene rings is 1. The van der Waals surface area contributed by atoms with Crippen LogP contribution in [0.25, 0.3) is 22.3 Å². The van der Waals surface area contributed by atoms with Crippen molar-refractivity contribution in [3.8, 4) is 11.1 Å². The molecule has 1 aromatic carbocycles. The summed E-state index contributed by atoms with van der Waals surface area (Å²) in [5.74, 6) is -1.09. The van der Waals surface area contributed by atoms with Crippen molar-refractivity contribution < 1.29 is 26.8 Å². The van der Waals surface area contributed by atoms with Gasteiger partial charge in [0.15, 0.2) is 11.3 Å². The quantitative estimate of drug-likeness (QED) is 0.301. The van der Waals surface area contributed by atoms with Crippen molar-refractivity contribution in [2.45, 2.75) is 19.0 Å². The number of aromatic nitrogens is 2. The van der Waals surface area contributed by atoms with Crippen LogP contribution in [-0.4, -0.2) is 26.7 Å². The standard InChI is InChI=1S/C24H16ClF4N3O2/c25-21-20(23(33)31-8-3-4-14(11-31)17-5-1-2-6-19(17)26)30-22-18(24(27,28)29)10-16(12-32(21)22)15-7-9-34-13-15/h1-2,5-7,9-13H,3-4,8H2. The number of nitrogens with zero attached hydrogens (tertiary/aromatic N) is 3. The number of pyridine rings is 1. The number of hydrogen-bond donors (Lipinski definition) is 0. The van der Waals surface area contributed by atoms with Crippen molar-refractivity contribution in [3.63, 3.8) is 0 Å². The van der Waals surface area contributed by atoms with Crippen molar-refractivity contribution in [2.75, 3.05) is 6.54 Å². The average molecular weight is 490 g/mol. The lowest BCUT2D eigenvalue weighted by Gasteiger charge is -2.25. The second-order valence-electron chi connectivity index (χ2n) is 7.83. The Balaban J connectivity index is 1.60. The van der Waals surface area contributed by atoms with Crippen LogP contribution in [0.1, 0.15) is 34.5 Å². The fraction of sp³-hybridized carbons (Fsp3) is 0.167. The Kier molecular flexibility index (Phi) is 5.44. The second-order valence-corrected chi connectivity index (χ2v) is 8.19. The SMILES string of the molecule is O=C(c1nc2c(C(F)(F)F)cc(-c3ccoc3)cn2c1Cl)N1C=C(c2ccccc2F)CCC1. The van der Waals surface area contributed by atoms with Gasteiger partial charge in [-0.05, 0) is 36.6 Å². The zero-order valence-corrected chi connectivity index (χ0v) is 18.2. The molecule has 174 valence electrons. The fourth-order valence-electron chi connectivity index (χ4n) is 4.03. The molecule has 0 saturated heterocycles. The van der Waals surface area contributed by atoms with E-state index in [1.165, 1.54) is 42.0 Å². The largest absolute Gasteiger partial charge is 0.472 e. The van der Waals surface area contributed by atoms with Crippen LogP contribution in [-0.2, 0) is 6.18 Å². The molecule has 1 aliphatic rings. The van der Waals surface area contributed by atoms with Gasteiger partial charge < -0.3 is 9.32 Å². The monoisotopic (exact) mass is 489 g/mol. The number of allylic oxidation sites excluding steroid dienone is 1. The number of carbonyl (C=O) groups excluding carboxylic acids is 1. The first-order chi connectivity index (χ1) is 16.2. The van der Waals surface area contributed by atoms with Gasteiger partial charge in [-0.15, -0.1) is 0 Å². The van der Waals surface area contributed by atoms with Crippen LogP contribution in [0.3, 0.4) is 0 Å². The fourth-order valence-corrected chi connectivity index (χ4v) is 4.28. The molecule has 5 rings (SSSR count). The van der Waals surface area contributed by atoms with Crippen LogP contribution in [0.15, 0.2) is 65.7 Å². The van der Waals surface area contributed by atoms with Gasteiger partial charge in [-0.2, -0.15) is 13.2 Å². The van der Waals surface area contributed by atoms with E-state index < -0.39 is 29.1 Å². The smallest absolute Gasteiger partial charge is 0.420 e. The van der Waals surface area contributed by atoms with Gasteiger partial charge in [0.1, 0.15) is 11.0 Å². The van der Waals surface area contributed by atoms with E-state index in [4.69, 9.17) is 16.0 Å². The van der Waals surface area contributed by atoms with Gasteiger partial charge >= 0.3 is 6.18 Å². The lowest BCUT2D eigenvalue weighted by molar-refractivity contribution is -0.136. The Morgan fingerprint density at radius 1 is 1.15 bits per heavy atom. The molecule has 0 unspecified atom stereocenters. The Labute approximate surface area is 195 Å². The lowest BCUT2D eigenvalue weighted by atomic mass is 9.98. The topological polar surface area (TPSA) is 50.8 Å². The molecule has 0 fully saturated rings. The summed E-state index contributed by atoms with van der Waals surface area (Å²) in [5.41, 5.74) is -0.245. The van der Waals surface area contributed by atoms with Gasteiger partial charge in [0.05, 0.1) is 18.1 Å². The number of carbonyl (C=O) groups is 1. The number of imidazole rings is 1. The molecular weight excluding hydrogens is 474 g/mol. The van der Waals surface area contributed by atoms with E-state index in [1.807, 2.05) is 0 Å². The molecule has 1 aliphatic heterocycles. The third kappa shape index (κ3) is 3.86. The van der Waals surface area contributed by atoms with Gasteiger partial charge in [-0.3, -0.25) is 9.20 Å². The number of rotatable bonds is 3. The molecule has 0 saturated carbocycles. The number of fused-ring (bicyclic) bond motifs is 1. The number of furan rings is 1. The lowest BCUT2D eigenvalue weighted by Crippen LogP contribution is -2.30. The van der Waals surface area contributed by atoms with Crippen LogP contribution < -0.4 is 0 Å². The molecule has 0 spiro atoms.